The molecule has 0 saturated carbocycles. The monoisotopic (exact) mass is 490 g/mol. The third-order valence-electron chi connectivity index (χ3n) is 7.04. The van der Waals surface area contributed by atoms with Crippen LogP contribution in [-0.4, -0.2) is 61.7 Å². The van der Waals surface area contributed by atoms with Gasteiger partial charge in [0.25, 0.3) is 5.91 Å². The molecule has 0 bridgehead atoms. The maximum atomic E-state index is 13.8. The van der Waals surface area contributed by atoms with E-state index in [0.717, 1.165) is 69.0 Å². The molecule has 3 heterocycles. The van der Waals surface area contributed by atoms with Crippen molar-refractivity contribution in [3.63, 3.8) is 0 Å². The van der Waals surface area contributed by atoms with Gasteiger partial charge in [0.05, 0.1) is 36.8 Å². The number of unbranched alkanes of at least 4 members (excludes halogenated alkanes) is 1. The second kappa shape index (κ2) is 10.8. The fourth-order valence-corrected chi connectivity index (χ4v) is 5.11. The number of carbonyl (C=O) groups is 1. The van der Waals surface area contributed by atoms with Crippen LogP contribution in [-0.2, 0) is 4.74 Å². The topological polar surface area (TPSA) is 72.2 Å². The molecule has 1 aromatic heterocycles. The summed E-state index contributed by atoms with van der Waals surface area (Å²) in [4.78, 5) is 31.6. The highest BCUT2D eigenvalue weighted by molar-refractivity contribution is 5.99. The Morgan fingerprint density at radius 3 is 2.67 bits per heavy atom. The molecule has 0 unspecified atom stereocenters. The molecule has 7 nitrogen and oxygen atoms in total. The van der Waals surface area contributed by atoms with E-state index in [1.54, 1.807) is 11.0 Å². The van der Waals surface area contributed by atoms with Gasteiger partial charge in [-0.3, -0.25) is 14.5 Å². The Bertz CT molecular complexity index is 1290. The van der Waals surface area contributed by atoms with Crippen LogP contribution in [0.4, 0.5) is 0 Å². The van der Waals surface area contributed by atoms with Gasteiger partial charge in [0.2, 0.25) is 5.76 Å². The molecule has 1 fully saturated rings. The first-order valence-electron chi connectivity index (χ1n) is 13.0. The van der Waals surface area contributed by atoms with Crippen LogP contribution in [0.25, 0.3) is 11.0 Å². The molecule has 3 aromatic rings. The standard InChI is InChI=1S/C29H34N2O5/c1-3-4-15-35-22-8-5-7-21(19-22)26-25-27(32)23-18-20(2)9-10-24(23)36-28(25)29(33)31(26)12-6-11-30-13-16-34-17-14-30/h5,7-10,18-19,26H,3-4,6,11-17H2,1-2H3/t26-/m0/s1. The van der Waals surface area contributed by atoms with E-state index in [-0.39, 0.29) is 17.1 Å². The molecular weight excluding hydrogens is 456 g/mol. The zero-order valence-corrected chi connectivity index (χ0v) is 21.1. The molecule has 0 radical (unpaired) electrons. The van der Waals surface area contributed by atoms with Gasteiger partial charge in [-0.25, -0.2) is 0 Å². The van der Waals surface area contributed by atoms with Gasteiger partial charge in [-0.1, -0.05) is 37.1 Å². The van der Waals surface area contributed by atoms with E-state index in [2.05, 4.69) is 11.8 Å². The van der Waals surface area contributed by atoms with Crippen LogP contribution in [0.2, 0.25) is 0 Å². The summed E-state index contributed by atoms with van der Waals surface area (Å²) in [6, 6.07) is 12.8. The van der Waals surface area contributed by atoms with Crippen molar-refractivity contribution < 1.29 is 18.7 Å². The fraction of sp³-hybridized carbons (Fsp3) is 0.448. The molecule has 190 valence electrons. The number of amides is 1. The van der Waals surface area contributed by atoms with Gasteiger partial charge in [-0.2, -0.15) is 0 Å². The highest BCUT2D eigenvalue weighted by atomic mass is 16.5. The zero-order chi connectivity index (χ0) is 25.1. The highest BCUT2D eigenvalue weighted by Crippen LogP contribution is 2.39. The zero-order valence-electron chi connectivity index (χ0n) is 21.1. The van der Waals surface area contributed by atoms with Gasteiger partial charge < -0.3 is 18.8 Å². The minimum Gasteiger partial charge on any atom is -0.494 e. The van der Waals surface area contributed by atoms with E-state index in [0.29, 0.717) is 29.7 Å². The molecule has 5 rings (SSSR count). The summed E-state index contributed by atoms with van der Waals surface area (Å²) in [5, 5.41) is 0.511. The molecule has 2 aliphatic heterocycles. The minimum atomic E-state index is -0.506. The normalized spacial score (nSPS) is 18.1. The third kappa shape index (κ3) is 4.90. The highest BCUT2D eigenvalue weighted by Gasteiger charge is 2.42. The van der Waals surface area contributed by atoms with Crippen molar-refractivity contribution in [1.82, 2.24) is 9.80 Å². The molecule has 0 N–H and O–H groups in total. The van der Waals surface area contributed by atoms with Gasteiger partial charge in [0.15, 0.2) is 5.43 Å². The molecule has 1 atom stereocenters. The maximum absolute atomic E-state index is 13.8. The molecule has 36 heavy (non-hydrogen) atoms. The number of ether oxygens (including phenoxy) is 2. The Morgan fingerprint density at radius 2 is 1.86 bits per heavy atom. The van der Waals surface area contributed by atoms with Crippen molar-refractivity contribution in [3.05, 3.63) is 75.1 Å². The number of nitrogens with zero attached hydrogens (tertiary/aromatic N) is 2. The predicted octanol–water partition coefficient (Wildman–Crippen LogP) is 4.55. The Morgan fingerprint density at radius 1 is 1.03 bits per heavy atom. The lowest BCUT2D eigenvalue weighted by atomic mass is 9.98. The van der Waals surface area contributed by atoms with Crippen LogP contribution < -0.4 is 10.2 Å². The lowest BCUT2D eigenvalue weighted by Crippen LogP contribution is -2.38. The van der Waals surface area contributed by atoms with Crippen LogP contribution in [0.15, 0.2) is 51.7 Å². The number of hydrogen-bond donors (Lipinski definition) is 0. The average Bonchev–Trinajstić information content (AvgIpc) is 3.17. The number of carbonyl (C=O) groups excluding carboxylic acids is 1. The smallest absolute Gasteiger partial charge is 0.290 e. The number of morpholine rings is 1. The number of hydrogen-bond acceptors (Lipinski definition) is 6. The average molecular weight is 491 g/mol. The summed E-state index contributed by atoms with van der Waals surface area (Å²) in [6.07, 6.45) is 2.82. The molecular formula is C29H34N2O5. The van der Waals surface area contributed by atoms with Crippen molar-refractivity contribution in [3.8, 4) is 5.75 Å². The SMILES string of the molecule is CCCCOc1cccc([C@H]2c3c(oc4ccc(C)cc4c3=O)C(=O)N2CCCN2CCOCC2)c1. The molecule has 2 aliphatic rings. The second-order valence-corrected chi connectivity index (χ2v) is 9.66. The first kappa shape index (κ1) is 24.5. The Hall–Kier alpha value is -3.16. The van der Waals surface area contributed by atoms with Crippen molar-refractivity contribution in [1.29, 1.82) is 0 Å². The molecule has 2 aromatic carbocycles. The van der Waals surface area contributed by atoms with Crippen LogP contribution in [0.1, 0.15) is 59.5 Å². The van der Waals surface area contributed by atoms with Gasteiger partial charge in [-0.05, 0) is 49.6 Å². The number of aryl methyl sites for hydroxylation is 1. The predicted molar refractivity (Wildman–Crippen MR) is 139 cm³/mol. The number of fused-ring (bicyclic) bond motifs is 2. The lowest BCUT2D eigenvalue weighted by molar-refractivity contribution is 0.0353. The Kier molecular flexibility index (Phi) is 7.39. The summed E-state index contributed by atoms with van der Waals surface area (Å²) in [6.45, 7) is 9.40. The summed E-state index contributed by atoms with van der Waals surface area (Å²) in [5.41, 5.74) is 2.57. The molecule has 1 amide bonds. The fourth-order valence-electron chi connectivity index (χ4n) is 5.11. The van der Waals surface area contributed by atoms with Crippen molar-refractivity contribution in [2.45, 2.75) is 39.2 Å². The number of benzene rings is 2. The van der Waals surface area contributed by atoms with E-state index in [9.17, 15) is 9.59 Å². The molecule has 0 aliphatic carbocycles. The second-order valence-electron chi connectivity index (χ2n) is 9.66. The Balaban J connectivity index is 1.51. The van der Waals surface area contributed by atoms with E-state index in [4.69, 9.17) is 13.9 Å². The molecule has 0 spiro atoms. The van der Waals surface area contributed by atoms with Crippen LogP contribution >= 0.6 is 0 Å². The van der Waals surface area contributed by atoms with Gasteiger partial charge in [-0.15, -0.1) is 0 Å². The summed E-state index contributed by atoms with van der Waals surface area (Å²) < 4.78 is 17.5. The van der Waals surface area contributed by atoms with Crippen LogP contribution in [0.5, 0.6) is 5.75 Å². The van der Waals surface area contributed by atoms with Crippen LogP contribution in [0.3, 0.4) is 0 Å². The summed E-state index contributed by atoms with van der Waals surface area (Å²) >= 11 is 0. The van der Waals surface area contributed by atoms with Gasteiger partial charge in [0, 0.05) is 26.2 Å². The number of rotatable bonds is 9. The quantitative estimate of drug-likeness (QED) is 0.410. The van der Waals surface area contributed by atoms with E-state index >= 15 is 0 Å². The summed E-state index contributed by atoms with van der Waals surface area (Å²) in [5.74, 6) is 0.676. The van der Waals surface area contributed by atoms with E-state index in [1.165, 1.54) is 0 Å². The first-order valence-corrected chi connectivity index (χ1v) is 13.0. The van der Waals surface area contributed by atoms with E-state index in [1.807, 2.05) is 43.3 Å². The summed E-state index contributed by atoms with van der Waals surface area (Å²) in [7, 11) is 0. The lowest BCUT2D eigenvalue weighted by Gasteiger charge is -2.29. The first-order chi connectivity index (χ1) is 17.6. The minimum absolute atomic E-state index is 0.138. The van der Waals surface area contributed by atoms with Crippen molar-refractivity contribution in [2.75, 3.05) is 46.0 Å². The van der Waals surface area contributed by atoms with Crippen molar-refractivity contribution >= 4 is 16.9 Å². The largest absolute Gasteiger partial charge is 0.494 e. The Labute approximate surface area is 211 Å². The van der Waals surface area contributed by atoms with E-state index < -0.39 is 6.04 Å². The molecule has 7 heteroatoms. The molecule has 1 saturated heterocycles. The maximum Gasteiger partial charge on any atom is 0.290 e. The van der Waals surface area contributed by atoms with Gasteiger partial charge >= 0.3 is 0 Å². The third-order valence-corrected chi connectivity index (χ3v) is 7.04. The van der Waals surface area contributed by atoms with Crippen LogP contribution in [0, 0.1) is 6.92 Å². The van der Waals surface area contributed by atoms with Crippen molar-refractivity contribution in [2.24, 2.45) is 0 Å². The van der Waals surface area contributed by atoms with Gasteiger partial charge in [0.1, 0.15) is 11.3 Å².